The molecule has 1 N–H and O–H groups in total. The van der Waals surface area contributed by atoms with Crippen LogP contribution in [0.15, 0.2) is 40.2 Å². The fourth-order valence-electron chi connectivity index (χ4n) is 2.87. The largest absolute Gasteiger partial charge is 0.494 e. The summed E-state index contributed by atoms with van der Waals surface area (Å²) in [4.78, 5) is 32.4. The fourth-order valence-corrected chi connectivity index (χ4v) is 2.87. The maximum Gasteiger partial charge on any atom is 0.342 e. The van der Waals surface area contributed by atoms with Gasteiger partial charge < -0.3 is 9.84 Å². The van der Waals surface area contributed by atoms with Crippen molar-refractivity contribution in [1.82, 2.24) is 9.55 Å². The number of hydrogen-bond acceptors (Lipinski definition) is 5. The standard InChI is InChI=1S/C18H19N3O4/c1-3-25-13-7-5-12(6-8-13)20-15-9-4-11(2)21-16(15)19-10-14(17(21)22)18(23)24/h5-8,10-11H,3-4,9H2,1-2H3,(H,23,24). The summed E-state index contributed by atoms with van der Waals surface area (Å²) in [5.41, 5.74) is 0.550. The molecule has 1 aromatic carbocycles. The van der Waals surface area contributed by atoms with E-state index in [-0.39, 0.29) is 11.6 Å². The van der Waals surface area contributed by atoms with Crippen LogP contribution in [0.2, 0.25) is 0 Å². The van der Waals surface area contributed by atoms with Crippen molar-refractivity contribution in [2.45, 2.75) is 32.7 Å². The predicted molar refractivity (Wildman–Crippen MR) is 93.2 cm³/mol. The molecule has 0 radical (unpaired) electrons. The van der Waals surface area contributed by atoms with Gasteiger partial charge in [0.1, 0.15) is 11.3 Å². The summed E-state index contributed by atoms with van der Waals surface area (Å²) in [6.45, 7) is 4.40. The molecule has 0 saturated carbocycles. The first kappa shape index (κ1) is 16.9. The number of benzene rings is 1. The molecule has 130 valence electrons. The molecule has 2 heterocycles. The van der Waals surface area contributed by atoms with Crippen molar-refractivity contribution in [2.24, 2.45) is 4.99 Å². The Labute approximate surface area is 144 Å². The van der Waals surface area contributed by atoms with Gasteiger partial charge in [0.05, 0.1) is 18.0 Å². The minimum Gasteiger partial charge on any atom is -0.494 e. The monoisotopic (exact) mass is 341 g/mol. The van der Waals surface area contributed by atoms with Crippen LogP contribution >= 0.6 is 0 Å². The first-order chi connectivity index (χ1) is 12.0. The Hall–Kier alpha value is -2.96. The van der Waals surface area contributed by atoms with Crippen LogP contribution in [0.1, 0.15) is 48.9 Å². The second kappa shape index (κ2) is 6.88. The number of aromatic nitrogens is 2. The Morgan fingerprint density at radius 2 is 2.12 bits per heavy atom. The highest BCUT2D eigenvalue weighted by Gasteiger charge is 2.26. The van der Waals surface area contributed by atoms with E-state index in [1.54, 1.807) is 0 Å². The predicted octanol–water partition coefficient (Wildman–Crippen LogP) is 2.82. The molecule has 7 heteroatoms. The average molecular weight is 341 g/mol. The van der Waals surface area contributed by atoms with Gasteiger partial charge in [0, 0.05) is 12.2 Å². The highest BCUT2D eigenvalue weighted by molar-refractivity contribution is 6.00. The van der Waals surface area contributed by atoms with Crippen LogP contribution < -0.4 is 10.3 Å². The molecule has 2 aromatic rings. The highest BCUT2D eigenvalue weighted by atomic mass is 16.5. The summed E-state index contributed by atoms with van der Waals surface area (Å²) < 4.78 is 6.84. The summed E-state index contributed by atoms with van der Waals surface area (Å²) in [7, 11) is 0. The number of fused-ring (bicyclic) bond motifs is 1. The lowest BCUT2D eigenvalue weighted by molar-refractivity contribution is 0.0693. The van der Waals surface area contributed by atoms with Crippen molar-refractivity contribution < 1.29 is 14.6 Å². The van der Waals surface area contributed by atoms with Crippen molar-refractivity contribution in [3.05, 3.63) is 52.2 Å². The Morgan fingerprint density at radius 1 is 1.40 bits per heavy atom. The maximum atomic E-state index is 12.5. The third-order valence-corrected chi connectivity index (χ3v) is 4.13. The fraction of sp³-hybridized carbons (Fsp3) is 0.333. The van der Waals surface area contributed by atoms with E-state index in [2.05, 4.69) is 9.98 Å². The van der Waals surface area contributed by atoms with E-state index in [0.717, 1.165) is 17.6 Å². The van der Waals surface area contributed by atoms with Gasteiger partial charge in [0.2, 0.25) is 0 Å². The van der Waals surface area contributed by atoms with Crippen LogP contribution in [-0.2, 0) is 0 Å². The topological polar surface area (TPSA) is 93.8 Å². The summed E-state index contributed by atoms with van der Waals surface area (Å²) >= 11 is 0. The third-order valence-electron chi connectivity index (χ3n) is 4.13. The van der Waals surface area contributed by atoms with Crippen LogP contribution in [0.3, 0.4) is 0 Å². The molecule has 7 nitrogen and oxygen atoms in total. The molecule has 0 aliphatic carbocycles. The molecule has 0 fully saturated rings. The minimum atomic E-state index is -1.27. The van der Waals surface area contributed by atoms with Gasteiger partial charge >= 0.3 is 5.97 Å². The zero-order valence-electron chi connectivity index (χ0n) is 14.1. The molecule has 1 atom stereocenters. The van der Waals surface area contributed by atoms with Crippen molar-refractivity contribution in [2.75, 3.05) is 6.61 Å². The molecule has 1 unspecified atom stereocenters. The van der Waals surface area contributed by atoms with E-state index < -0.39 is 11.5 Å². The van der Waals surface area contributed by atoms with E-state index in [4.69, 9.17) is 9.84 Å². The van der Waals surface area contributed by atoms with Crippen LogP contribution in [0.25, 0.3) is 0 Å². The molecule has 0 bridgehead atoms. The normalized spacial score (nSPS) is 18.0. The van der Waals surface area contributed by atoms with E-state index in [1.807, 2.05) is 38.1 Å². The lowest BCUT2D eigenvalue weighted by Gasteiger charge is -2.25. The number of aliphatic imine (C=N–C) groups is 1. The Balaban J connectivity index is 2.03. The number of aromatic carboxylic acids is 1. The molecule has 0 amide bonds. The molecule has 25 heavy (non-hydrogen) atoms. The smallest absolute Gasteiger partial charge is 0.342 e. The van der Waals surface area contributed by atoms with Crippen molar-refractivity contribution in [3.8, 4) is 5.75 Å². The van der Waals surface area contributed by atoms with Crippen molar-refractivity contribution >= 4 is 17.4 Å². The Kier molecular flexibility index (Phi) is 4.65. The van der Waals surface area contributed by atoms with Crippen LogP contribution in [0.5, 0.6) is 5.75 Å². The van der Waals surface area contributed by atoms with E-state index in [1.165, 1.54) is 4.57 Å². The average Bonchev–Trinajstić information content (AvgIpc) is 2.59. The number of nitrogens with zero attached hydrogens (tertiary/aromatic N) is 3. The molecule has 1 aliphatic heterocycles. The van der Waals surface area contributed by atoms with Gasteiger partial charge in [-0.15, -0.1) is 0 Å². The number of hydrogen-bond donors (Lipinski definition) is 1. The summed E-state index contributed by atoms with van der Waals surface area (Å²) in [5.74, 6) is -0.0669. The summed E-state index contributed by atoms with van der Waals surface area (Å²) in [5, 5.41) is 9.13. The lowest BCUT2D eigenvalue weighted by atomic mass is 10.0. The number of carbonyl (C=O) groups is 1. The maximum absolute atomic E-state index is 12.5. The number of carboxylic acids is 1. The number of carboxylic acid groups (broad SMARTS) is 1. The van der Waals surface area contributed by atoms with Crippen molar-refractivity contribution in [1.29, 1.82) is 0 Å². The second-order valence-electron chi connectivity index (χ2n) is 5.85. The van der Waals surface area contributed by atoms with E-state index in [0.29, 0.717) is 31.0 Å². The Morgan fingerprint density at radius 3 is 2.76 bits per heavy atom. The second-order valence-corrected chi connectivity index (χ2v) is 5.85. The van der Waals surface area contributed by atoms with Gasteiger partial charge in [-0.1, -0.05) is 0 Å². The summed E-state index contributed by atoms with van der Waals surface area (Å²) in [6, 6.07) is 7.23. The Bertz CT molecular complexity index is 884. The number of ether oxygens (including phenoxy) is 1. The molecule has 0 spiro atoms. The van der Waals surface area contributed by atoms with Gasteiger partial charge in [0.25, 0.3) is 5.56 Å². The van der Waals surface area contributed by atoms with Crippen LogP contribution in [-0.4, -0.2) is 32.9 Å². The van der Waals surface area contributed by atoms with Gasteiger partial charge in [-0.2, -0.15) is 0 Å². The molecule has 1 aliphatic rings. The van der Waals surface area contributed by atoms with Gasteiger partial charge in [-0.3, -0.25) is 9.36 Å². The third kappa shape index (κ3) is 3.31. The quantitative estimate of drug-likeness (QED) is 0.923. The van der Waals surface area contributed by atoms with Gasteiger partial charge in [-0.25, -0.2) is 14.8 Å². The molecular formula is C18H19N3O4. The minimum absolute atomic E-state index is 0.117. The molecule has 3 rings (SSSR count). The summed E-state index contributed by atoms with van der Waals surface area (Å²) in [6.07, 6.45) is 2.49. The van der Waals surface area contributed by atoms with Crippen LogP contribution in [0, 0.1) is 0 Å². The molecular weight excluding hydrogens is 322 g/mol. The molecule has 0 saturated heterocycles. The zero-order valence-corrected chi connectivity index (χ0v) is 14.1. The van der Waals surface area contributed by atoms with Gasteiger partial charge in [0.15, 0.2) is 5.82 Å². The highest BCUT2D eigenvalue weighted by Crippen LogP contribution is 2.25. The van der Waals surface area contributed by atoms with Gasteiger partial charge in [-0.05, 0) is 51.0 Å². The first-order valence-corrected chi connectivity index (χ1v) is 8.17. The van der Waals surface area contributed by atoms with E-state index in [9.17, 15) is 9.59 Å². The van der Waals surface area contributed by atoms with Crippen LogP contribution in [0.4, 0.5) is 5.69 Å². The molecule has 1 aromatic heterocycles. The van der Waals surface area contributed by atoms with E-state index >= 15 is 0 Å². The lowest BCUT2D eigenvalue weighted by Crippen LogP contribution is -2.36. The number of rotatable bonds is 4. The van der Waals surface area contributed by atoms with Crippen molar-refractivity contribution in [3.63, 3.8) is 0 Å². The SMILES string of the molecule is CCOc1ccc(N=C2CCC(C)n3c2ncc(C(=O)O)c3=O)cc1. The first-order valence-electron chi connectivity index (χ1n) is 8.17. The zero-order chi connectivity index (χ0) is 18.0.